The summed E-state index contributed by atoms with van der Waals surface area (Å²) in [6.07, 6.45) is 0. The Morgan fingerprint density at radius 2 is 2.12 bits per heavy atom. The molecule has 0 saturated heterocycles. The van der Waals surface area contributed by atoms with Gasteiger partial charge < -0.3 is 4.74 Å². The Morgan fingerprint density at radius 3 is 2.71 bits per heavy atom. The van der Waals surface area contributed by atoms with Crippen molar-refractivity contribution in [3.63, 3.8) is 0 Å². The lowest BCUT2D eigenvalue weighted by molar-refractivity contribution is 0.103. The quantitative estimate of drug-likeness (QED) is 0.787. The number of ketones is 1. The molecule has 17 heavy (non-hydrogen) atoms. The highest BCUT2D eigenvalue weighted by Crippen LogP contribution is 2.26. The van der Waals surface area contributed by atoms with Gasteiger partial charge in [0.15, 0.2) is 5.78 Å². The molecule has 0 amide bonds. The van der Waals surface area contributed by atoms with Crippen molar-refractivity contribution in [2.75, 3.05) is 7.11 Å². The zero-order valence-corrected chi connectivity index (χ0v) is 11.1. The van der Waals surface area contributed by atoms with Crippen LogP contribution in [0.2, 0.25) is 5.02 Å². The van der Waals surface area contributed by atoms with Crippen LogP contribution in [0, 0.1) is 6.92 Å². The van der Waals surface area contributed by atoms with E-state index in [1.807, 2.05) is 18.4 Å². The van der Waals surface area contributed by atoms with E-state index in [0.717, 1.165) is 4.88 Å². The molecule has 1 aromatic heterocycles. The number of carbonyl (C=O) groups excluding carboxylic acids is 1. The van der Waals surface area contributed by atoms with Gasteiger partial charge in [-0.05, 0) is 31.2 Å². The average Bonchev–Trinajstić information content (AvgIpc) is 2.75. The Kier molecular flexibility index (Phi) is 3.50. The molecule has 0 fully saturated rings. The van der Waals surface area contributed by atoms with Crippen molar-refractivity contribution in [1.29, 1.82) is 0 Å². The minimum atomic E-state index is -0.0390. The Bertz CT molecular complexity index is 560. The molecular weight excluding hydrogens is 256 g/mol. The largest absolute Gasteiger partial charge is 0.496 e. The summed E-state index contributed by atoms with van der Waals surface area (Å²) in [5.74, 6) is 0.467. The van der Waals surface area contributed by atoms with Gasteiger partial charge >= 0.3 is 0 Å². The summed E-state index contributed by atoms with van der Waals surface area (Å²) in [5, 5.41) is 2.41. The van der Waals surface area contributed by atoms with Gasteiger partial charge in [-0.1, -0.05) is 11.6 Å². The summed E-state index contributed by atoms with van der Waals surface area (Å²) in [4.78, 5) is 13.3. The Morgan fingerprint density at radius 1 is 1.35 bits per heavy atom. The molecule has 0 spiro atoms. The Balaban J connectivity index is 2.43. The molecule has 1 aromatic carbocycles. The first-order chi connectivity index (χ1) is 8.11. The molecule has 0 radical (unpaired) electrons. The van der Waals surface area contributed by atoms with Crippen LogP contribution in [0.1, 0.15) is 20.8 Å². The van der Waals surface area contributed by atoms with E-state index in [4.69, 9.17) is 16.3 Å². The molecule has 0 unspecified atom stereocenters. The van der Waals surface area contributed by atoms with E-state index < -0.39 is 0 Å². The fourth-order valence-corrected chi connectivity index (χ4v) is 2.42. The van der Waals surface area contributed by atoms with Gasteiger partial charge in [0.05, 0.1) is 12.7 Å². The van der Waals surface area contributed by atoms with Gasteiger partial charge in [0.2, 0.25) is 0 Å². The predicted octanol–water partition coefficient (Wildman–Crippen LogP) is 3.95. The number of halogens is 1. The summed E-state index contributed by atoms with van der Waals surface area (Å²) >= 11 is 7.42. The van der Waals surface area contributed by atoms with Crippen LogP contribution in [0.25, 0.3) is 0 Å². The van der Waals surface area contributed by atoms with Crippen LogP contribution < -0.4 is 4.74 Å². The van der Waals surface area contributed by atoms with E-state index in [9.17, 15) is 4.79 Å². The van der Waals surface area contributed by atoms with Crippen LogP contribution in [-0.4, -0.2) is 12.9 Å². The second-order valence-electron chi connectivity index (χ2n) is 3.62. The van der Waals surface area contributed by atoms with Crippen LogP contribution in [-0.2, 0) is 0 Å². The number of ether oxygens (including phenoxy) is 1. The zero-order chi connectivity index (χ0) is 12.4. The number of benzene rings is 1. The van der Waals surface area contributed by atoms with E-state index in [0.29, 0.717) is 21.9 Å². The topological polar surface area (TPSA) is 26.3 Å². The minimum absolute atomic E-state index is 0.0390. The van der Waals surface area contributed by atoms with Crippen molar-refractivity contribution in [2.45, 2.75) is 6.92 Å². The van der Waals surface area contributed by atoms with Crippen LogP contribution >= 0.6 is 22.9 Å². The van der Waals surface area contributed by atoms with Crippen LogP contribution in [0.4, 0.5) is 0 Å². The zero-order valence-electron chi connectivity index (χ0n) is 9.49. The molecule has 0 atom stereocenters. The molecule has 1 heterocycles. The Hall–Kier alpha value is -1.32. The van der Waals surface area contributed by atoms with Crippen LogP contribution in [0.3, 0.4) is 0 Å². The summed E-state index contributed by atoms with van der Waals surface area (Å²) < 4.78 is 5.17. The maximum Gasteiger partial charge on any atom is 0.197 e. The van der Waals surface area contributed by atoms with Gasteiger partial charge in [0.25, 0.3) is 0 Å². The molecule has 0 aliphatic heterocycles. The number of methoxy groups -OCH3 is 1. The number of hydrogen-bond acceptors (Lipinski definition) is 3. The van der Waals surface area contributed by atoms with Crippen molar-refractivity contribution >= 4 is 28.7 Å². The van der Waals surface area contributed by atoms with Gasteiger partial charge in [-0.3, -0.25) is 4.79 Å². The third-order valence-corrected chi connectivity index (χ3v) is 3.50. The fourth-order valence-electron chi connectivity index (χ4n) is 1.57. The summed E-state index contributed by atoms with van der Waals surface area (Å²) in [5.41, 5.74) is 1.22. The molecule has 2 nitrogen and oxygen atoms in total. The van der Waals surface area contributed by atoms with Gasteiger partial charge in [-0.2, -0.15) is 0 Å². The van der Waals surface area contributed by atoms with Gasteiger partial charge in [-0.15, -0.1) is 11.3 Å². The van der Waals surface area contributed by atoms with Crippen LogP contribution in [0.15, 0.2) is 29.6 Å². The monoisotopic (exact) mass is 266 g/mol. The lowest BCUT2D eigenvalue weighted by Crippen LogP contribution is -2.02. The lowest BCUT2D eigenvalue weighted by atomic mass is 10.0. The van der Waals surface area contributed by atoms with Gasteiger partial charge in [-0.25, -0.2) is 0 Å². The summed E-state index contributed by atoms with van der Waals surface area (Å²) in [6.45, 7) is 1.97. The minimum Gasteiger partial charge on any atom is -0.496 e. The smallest absolute Gasteiger partial charge is 0.197 e. The fraction of sp³-hybridized carbons (Fsp3) is 0.154. The summed E-state index contributed by atoms with van der Waals surface area (Å²) in [6, 6.07) is 6.90. The third-order valence-electron chi connectivity index (χ3n) is 2.40. The average molecular weight is 267 g/mol. The molecule has 88 valence electrons. The summed E-state index contributed by atoms with van der Waals surface area (Å²) in [7, 11) is 1.53. The first-order valence-electron chi connectivity index (χ1n) is 5.05. The van der Waals surface area contributed by atoms with Gasteiger partial charge in [0, 0.05) is 20.8 Å². The first kappa shape index (κ1) is 12.1. The standard InChI is InChI=1S/C13H11ClO2S/c1-8-5-9(7-17-8)13(15)11-4-3-10(14)6-12(11)16-2/h3-7H,1-2H3. The molecule has 0 bridgehead atoms. The lowest BCUT2D eigenvalue weighted by Gasteiger charge is -2.06. The third kappa shape index (κ3) is 2.51. The normalized spacial score (nSPS) is 10.3. The number of thiophene rings is 1. The van der Waals surface area contributed by atoms with E-state index in [1.165, 1.54) is 7.11 Å². The first-order valence-corrected chi connectivity index (χ1v) is 6.31. The maximum absolute atomic E-state index is 12.2. The molecule has 0 aliphatic rings. The molecule has 0 aliphatic carbocycles. The van der Waals surface area contributed by atoms with Crippen LogP contribution in [0.5, 0.6) is 5.75 Å². The van der Waals surface area contributed by atoms with E-state index in [1.54, 1.807) is 29.5 Å². The Labute approximate surface area is 109 Å². The second-order valence-corrected chi connectivity index (χ2v) is 5.17. The number of rotatable bonds is 3. The van der Waals surface area contributed by atoms with Gasteiger partial charge in [0.1, 0.15) is 5.75 Å². The SMILES string of the molecule is COc1cc(Cl)ccc1C(=O)c1csc(C)c1. The number of hydrogen-bond donors (Lipinski definition) is 0. The highest BCUT2D eigenvalue weighted by molar-refractivity contribution is 7.10. The molecule has 2 rings (SSSR count). The molecular formula is C13H11ClO2S. The molecule has 4 heteroatoms. The maximum atomic E-state index is 12.2. The van der Waals surface area contributed by atoms with E-state index >= 15 is 0 Å². The van der Waals surface area contributed by atoms with E-state index in [2.05, 4.69) is 0 Å². The van der Waals surface area contributed by atoms with Crippen molar-refractivity contribution in [1.82, 2.24) is 0 Å². The van der Waals surface area contributed by atoms with Crippen molar-refractivity contribution in [3.05, 3.63) is 50.7 Å². The highest BCUT2D eigenvalue weighted by atomic mass is 35.5. The van der Waals surface area contributed by atoms with Crippen molar-refractivity contribution < 1.29 is 9.53 Å². The van der Waals surface area contributed by atoms with Crippen molar-refractivity contribution in [2.24, 2.45) is 0 Å². The van der Waals surface area contributed by atoms with Crippen molar-refractivity contribution in [3.8, 4) is 5.75 Å². The molecule has 0 N–H and O–H groups in total. The highest BCUT2D eigenvalue weighted by Gasteiger charge is 2.15. The van der Waals surface area contributed by atoms with E-state index in [-0.39, 0.29) is 5.78 Å². The molecule has 0 saturated carbocycles. The number of aryl methyl sites for hydroxylation is 1. The molecule has 2 aromatic rings. The predicted molar refractivity (Wildman–Crippen MR) is 70.5 cm³/mol. The second kappa shape index (κ2) is 4.90. The number of carbonyl (C=O) groups is 1.